The lowest BCUT2D eigenvalue weighted by Crippen LogP contribution is -2.48. The van der Waals surface area contributed by atoms with Crippen molar-refractivity contribution in [1.82, 2.24) is 25.9 Å². The Labute approximate surface area is 181 Å². The molecule has 9 heteroatoms. The number of hydrogen-bond donors (Lipinski definition) is 2. The summed E-state index contributed by atoms with van der Waals surface area (Å²) >= 11 is 0. The Kier molecular flexibility index (Phi) is 6.42. The minimum absolute atomic E-state index is 0.116. The largest absolute Gasteiger partial charge is 0.344 e. The summed E-state index contributed by atoms with van der Waals surface area (Å²) in [5, 5.41) is 7.42. The summed E-state index contributed by atoms with van der Waals surface area (Å²) in [6.45, 7) is 7.63. The topological polar surface area (TPSA) is 117 Å². The van der Waals surface area contributed by atoms with E-state index in [-0.39, 0.29) is 11.8 Å². The van der Waals surface area contributed by atoms with Gasteiger partial charge < -0.3 is 9.84 Å². The van der Waals surface area contributed by atoms with Gasteiger partial charge in [0.05, 0.1) is 0 Å². The highest BCUT2D eigenvalue weighted by molar-refractivity contribution is 6.07. The maximum atomic E-state index is 12.8. The quantitative estimate of drug-likeness (QED) is 0.626. The van der Waals surface area contributed by atoms with Crippen molar-refractivity contribution < 1.29 is 18.9 Å². The number of carbonyl (C=O) groups excluding carboxylic acids is 3. The van der Waals surface area contributed by atoms with Gasteiger partial charge in [-0.25, -0.2) is 4.79 Å². The second kappa shape index (κ2) is 8.87. The molecule has 1 aromatic heterocycles. The lowest BCUT2D eigenvalue weighted by atomic mass is 9.93. The van der Waals surface area contributed by atoms with E-state index in [0.717, 1.165) is 10.6 Å². The molecule has 1 saturated heterocycles. The zero-order chi connectivity index (χ0) is 22.6. The van der Waals surface area contributed by atoms with Crippen LogP contribution >= 0.6 is 0 Å². The molecule has 0 radical (unpaired) electrons. The van der Waals surface area contributed by atoms with Crippen LogP contribution in [0.25, 0.3) is 0 Å². The minimum Gasteiger partial charge on any atom is -0.339 e. The molecule has 1 unspecified atom stereocenters. The van der Waals surface area contributed by atoms with E-state index in [9.17, 15) is 14.4 Å². The predicted octanol–water partition coefficient (Wildman–Crippen LogP) is 2.66. The second-order valence-electron chi connectivity index (χ2n) is 9.04. The summed E-state index contributed by atoms with van der Waals surface area (Å²) in [4.78, 5) is 41.7. The van der Waals surface area contributed by atoms with Crippen LogP contribution in [0, 0.1) is 0 Å². The van der Waals surface area contributed by atoms with Gasteiger partial charge >= 0.3 is 6.03 Å². The lowest BCUT2D eigenvalue weighted by Gasteiger charge is -2.21. The SMILES string of the molecule is CC1(CCc2ccccc2)NC(=O)N(NC(=O)CCCc2nc(C(C)(C)C)no2)C1=O. The molecule has 2 aromatic rings. The number of aromatic nitrogens is 2. The highest BCUT2D eigenvalue weighted by Crippen LogP contribution is 2.22. The fourth-order valence-corrected chi connectivity index (χ4v) is 3.24. The molecule has 0 aliphatic carbocycles. The highest BCUT2D eigenvalue weighted by atomic mass is 16.5. The Balaban J connectivity index is 1.48. The molecule has 2 heterocycles. The number of aryl methyl sites for hydroxylation is 2. The Bertz CT molecular complexity index is 950. The van der Waals surface area contributed by atoms with Crippen molar-refractivity contribution in [3.8, 4) is 0 Å². The number of hydrogen-bond acceptors (Lipinski definition) is 6. The smallest absolute Gasteiger partial charge is 0.339 e. The molecular weight excluding hydrogens is 398 g/mol. The number of amides is 4. The first-order valence-electron chi connectivity index (χ1n) is 10.4. The van der Waals surface area contributed by atoms with Gasteiger partial charge in [0.25, 0.3) is 5.91 Å². The van der Waals surface area contributed by atoms with Crippen LogP contribution in [-0.4, -0.2) is 38.5 Å². The summed E-state index contributed by atoms with van der Waals surface area (Å²) in [6, 6.07) is 9.10. The van der Waals surface area contributed by atoms with Gasteiger partial charge in [-0.15, -0.1) is 0 Å². The van der Waals surface area contributed by atoms with Crippen molar-refractivity contribution in [2.75, 3.05) is 0 Å². The maximum Gasteiger partial charge on any atom is 0.344 e. The van der Waals surface area contributed by atoms with E-state index in [1.165, 1.54) is 0 Å². The van der Waals surface area contributed by atoms with E-state index in [0.29, 0.717) is 37.4 Å². The van der Waals surface area contributed by atoms with Crippen molar-refractivity contribution in [3.63, 3.8) is 0 Å². The number of imide groups is 1. The number of nitrogens with one attached hydrogen (secondary N) is 2. The Hall–Kier alpha value is -3.23. The summed E-state index contributed by atoms with van der Waals surface area (Å²) in [7, 11) is 0. The molecule has 1 aliphatic heterocycles. The fourth-order valence-electron chi connectivity index (χ4n) is 3.24. The van der Waals surface area contributed by atoms with Gasteiger partial charge in [0.2, 0.25) is 11.8 Å². The van der Waals surface area contributed by atoms with Crippen molar-refractivity contribution in [2.45, 2.75) is 70.8 Å². The minimum atomic E-state index is -1.06. The van der Waals surface area contributed by atoms with Crippen LogP contribution in [0.5, 0.6) is 0 Å². The first-order valence-corrected chi connectivity index (χ1v) is 10.4. The average Bonchev–Trinajstić information content (AvgIpc) is 3.27. The molecule has 9 nitrogen and oxygen atoms in total. The van der Waals surface area contributed by atoms with E-state index < -0.39 is 23.4 Å². The Morgan fingerprint density at radius 2 is 1.90 bits per heavy atom. The van der Waals surface area contributed by atoms with Crippen LogP contribution in [0.3, 0.4) is 0 Å². The molecule has 1 atom stereocenters. The number of urea groups is 1. The van der Waals surface area contributed by atoms with Crippen molar-refractivity contribution in [2.24, 2.45) is 0 Å². The van der Waals surface area contributed by atoms with Crippen molar-refractivity contribution >= 4 is 17.8 Å². The number of hydrazine groups is 1. The number of nitrogens with zero attached hydrogens (tertiary/aromatic N) is 3. The van der Waals surface area contributed by atoms with Crippen LogP contribution < -0.4 is 10.7 Å². The van der Waals surface area contributed by atoms with Crippen LogP contribution in [0.15, 0.2) is 34.9 Å². The van der Waals surface area contributed by atoms with Gasteiger partial charge in [0.15, 0.2) is 5.82 Å². The van der Waals surface area contributed by atoms with Crippen molar-refractivity contribution in [3.05, 3.63) is 47.6 Å². The van der Waals surface area contributed by atoms with E-state index in [4.69, 9.17) is 4.52 Å². The fraction of sp³-hybridized carbons (Fsp3) is 0.500. The molecule has 3 rings (SSSR count). The van der Waals surface area contributed by atoms with E-state index in [1.807, 2.05) is 51.1 Å². The first kappa shape index (κ1) is 22.5. The molecular formula is C22H29N5O4. The third-order valence-corrected chi connectivity index (χ3v) is 5.19. The molecule has 2 N–H and O–H groups in total. The molecule has 1 aromatic carbocycles. The zero-order valence-corrected chi connectivity index (χ0v) is 18.4. The number of benzene rings is 1. The van der Waals surface area contributed by atoms with E-state index in [2.05, 4.69) is 20.9 Å². The van der Waals surface area contributed by atoms with Gasteiger partial charge in [-0.1, -0.05) is 56.3 Å². The van der Waals surface area contributed by atoms with Gasteiger partial charge in [0.1, 0.15) is 5.54 Å². The molecule has 0 bridgehead atoms. The molecule has 31 heavy (non-hydrogen) atoms. The van der Waals surface area contributed by atoms with Gasteiger partial charge in [-0.3, -0.25) is 15.0 Å². The first-order chi connectivity index (χ1) is 14.6. The highest BCUT2D eigenvalue weighted by Gasteiger charge is 2.48. The summed E-state index contributed by atoms with van der Waals surface area (Å²) in [5.74, 6) is 0.183. The predicted molar refractivity (Wildman–Crippen MR) is 113 cm³/mol. The summed E-state index contributed by atoms with van der Waals surface area (Å²) < 4.78 is 5.21. The van der Waals surface area contributed by atoms with Gasteiger partial charge in [-0.2, -0.15) is 9.99 Å². The third-order valence-electron chi connectivity index (χ3n) is 5.19. The second-order valence-corrected chi connectivity index (χ2v) is 9.04. The monoisotopic (exact) mass is 427 g/mol. The summed E-state index contributed by atoms with van der Waals surface area (Å²) in [6.07, 6.45) is 2.07. The Morgan fingerprint density at radius 3 is 2.55 bits per heavy atom. The van der Waals surface area contributed by atoms with Gasteiger partial charge in [0, 0.05) is 18.3 Å². The molecule has 1 aliphatic rings. The molecule has 1 fully saturated rings. The van der Waals surface area contributed by atoms with E-state index in [1.54, 1.807) is 6.92 Å². The Morgan fingerprint density at radius 1 is 1.19 bits per heavy atom. The normalized spacial score (nSPS) is 18.9. The zero-order valence-electron chi connectivity index (χ0n) is 18.4. The van der Waals surface area contributed by atoms with Crippen LogP contribution in [0.4, 0.5) is 4.79 Å². The third kappa shape index (κ3) is 5.48. The molecule has 0 saturated carbocycles. The standard InChI is InChI=1S/C22H29N5O4/c1-21(2,3)18-23-17(31-26-18)12-8-11-16(28)25-27-19(29)22(4,24-20(27)30)14-13-15-9-6-5-7-10-15/h5-7,9-10H,8,11-14H2,1-4H3,(H,24,30)(H,25,28). The van der Waals surface area contributed by atoms with Crippen LogP contribution in [0.1, 0.15) is 64.2 Å². The molecule has 4 amide bonds. The number of rotatable bonds is 8. The van der Waals surface area contributed by atoms with Crippen LogP contribution in [0.2, 0.25) is 0 Å². The lowest BCUT2D eigenvalue weighted by molar-refractivity contribution is -0.138. The van der Waals surface area contributed by atoms with Gasteiger partial charge in [-0.05, 0) is 31.7 Å². The van der Waals surface area contributed by atoms with Crippen LogP contribution in [-0.2, 0) is 27.8 Å². The average molecular weight is 428 g/mol. The molecule has 166 valence electrons. The van der Waals surface area contributed by atoms with E-state index >= 15 is 0 Å². The maximum absolute atomic E-state index is 12.8. The molecule has 0 spiro atoms. The van der Waals surface area contributed by atoms with Crippen molar-refractivity contribution in [1.29, 1.82) is 0 Å². The number of carbonyl (C=O) groups is 3. The summed E-state index contributed by atoms with van der Waals surface area (Å²) in [5.41, 5.74) is 2.21.